The van der Waals surface area contributed by atoms with Crippen LogP contribution in [0, 0.1) is 5.92 Å². The van der Waals surface area contributed by atoms with Gasteiger partial charge in [0.15, 0.2) is 5.75 Å². The molecule has 1 amide bonds. The van der Waals surface area contributed by atoms with E-state index in [9.17, 15) is 4.79 Å². The van der Waals surface area contributed by atoms with Gasteiger partial charge in [0.1, 0.15) is 0 Å². The number of benzene rings is 1. The zero-order valence-corrected chi connectivity index (χ0v) is 10.3. The molecular formula is C13H18N2O2. The summed E-state index contributed by atoms with van der Waals surface area (Å²) in [6.45, 7) is 3.79. The Kier molecular flexibility index (Phi) is 3.22. The van der Waals surface area contributed by atoms with E-state index in [1.807, 2.05) is 4.90 Å². The van der Waals surface area contributed by atoms with Gasteiger partial charge in [-0.15, -0.1) is 0 Å². The molecule has 0 spiro atoms. The van der Waals surface area contributed by atoms with Crippen molar-refractivity contribution in [2.24, 2.45) is 5.92 Å². The number of nitrogen functional groups attached to an aromatic ring is 1. The number of amides is 1. The van der Waals surface area contributed by atoms with Gasteiger partial charge in [0.05, 0.1) is 18.4 Å². The maximum atomic E-state index is 12.3. The van der Waals surface area contributed by atoms with E-state index in [1.54, 1.807) is 18.2 Å². The van der Waals surface area contributed by atoms with Crippen molar-refractivity contribution < 1.29 is 9.53 Å². The van der Waals surface area contributed by atoms with Crippen LogP contribution in [0.15, 0.2) is 18.2 Å². The number of carbonyl (C=O) groups is 1. The highest BCUT2D eigenvalue weighted by Gasteiger charge is 2.26. The Morgan fingerprint density at radius 3 is 2.88 bits per heavy atom. The molecule has 1 saturated heterocycles. The second-order valence-electron chi connectivity index (χ2n) is 4.57. The summed E-state index contributed by atoms with van der Waals surface area (Å²) in [6.07, 6.45) is 1.07. The van der Waals surface area contributed by atoms with Crippen molar-refractivity contribution in [2.75, 3.05) is 25.9 Å². The topological polar surface area (TPSA) is 55.6 Å². The first-order valence-corrected chi connectivity index (χ1v) is 5.85. The predicted octanol–water partition coefficient (Wildman–Crippen LogP) is 1.76. The third-order valence-electron chi connectivity index (χ3n) is 3.19. The number of nitrogens with zero attached hydrogens (tertiary/aromatic N) is 1. The van der Waals surface area contributed by atoms with Crippen LogP contribution < -0.4 is 10.5 Å². The minimum absolute atomic E-state index is 0.0125. The zero-order chi connectivity index (χ0) is 12.4. The Hall–Kier alpha value is -1.71. The summed E-state index contributed by atoms with van der Waals surface area (Å²) in [5.41, 5.74) is 6.86. The van der Waals surface area contributed by atoms with Gasteiger partial charge in [-0.2, -0.15) is 0 Å². The molecule has 1 heterocycles. The smallest absolute Gasteiger partial charge is 0.257 e. The van der Waals surface area contributed by atoms with Gasteiger partial charge in [0, 0.05) is 13.1 Å². The van der Waals surface area contributed by atoms with Gasteiger partial charge < -0.3 is 15.4 Å². The molecule has 1 aliphatic heterocycles. The summed E-state index contributed by atoms with van der Waals surface area (Å²) < 4.78 is 5.21. The number of likely N-dealkylation sites (tertiary alicyclic amines) is 1. The zero-order valence-electron chi connectivity index (χ0n) is 10.3. The molecule has 0 aliphatic carbocycles. The number of hydrogen-bond acceptors (Lipinski definition) is 3. The highest BCUT2D eigenvalue weighted by Crippen LogP contribution is 2.28. The molecule has 1 fully saturated rings. The Labute approximate surface area is 101 Å². The van der Waals surface area contributed by atoms with Gasteiger partial charge >= 0.3 is 0 Å². The summed E-state index contributed by atoms with van der Waals surface area (Å²) in [4.78, 5) is 14.2. The lowest BCUT2D eigenvalue weighted by molar-refractivity contribution is 0.0785. The van der Waals surface area contributed by atoms with E-state index in [4.69, 9.17) is 10.5 Å². The van der Waals surface area contributed by atoms with Crippen LogP contribution >= 0.6 is 0 Å². The number of para-hydroxylation sites is 1. The SMILES string of the molecule is COc1c(N)cccc1C(=O)N1CCC(C)C1. The van der Waals surface area contributed by atoms with E-state index >= 15 is 0 Å². The number of rotatable bonds is 2. The third-order valence-corrected chi connectivity index (χ3v) is 3.19. The molecule has 0 aromatic heterocycles. The summed E-state index contributed by atoms with van der Waals surface area (Å²) in [6, 6.07) is 5.29. The van der Waals surface area contributed by atoms with E-state index in [0.29, 0.717) is 22.9 Å². The largest absolute Gasteiger partial charge is 0.494 e. The first-order chi connectivity index (χ1) is 8.13. The average Bonchev–Trinajstić information content (AvgIpc) is 2.74. The molecule has 1 atom stereocenters. The van der Waals surface area contributed by atoms with Gasteiger partial charge in [-0.05, 0) is 24.5 Å². The van der Waals surface area contributed by atoms with Crippen LogP contribution in [0.4, 0.5) is 5.69 Å². The number of methoxy groups -OCH3 is 1. The minimum atomic E-state index is 0.0125. The normalized spacial score (nSPS) is 19.4. The van der Waals surface area contributed by atoms with Crippen LogP contribution in [0.3, 0.4) is 0 Å². The van der Waals surface area contributed by atoms with E-state index in [-0.39, 0.29) is 5.91 Å². The maximum absolute atomic E-state index is 12.3. The van der Waals surface area contributed by atoms with Crippen molar-refractivity contribution in [3.8, 4) is 5.75 Å². The van der Waals surface area contributed by atoms with Crippen molar-refractivity contribution in [1.82, 2.24) is 4.90 Å². The molecule has 0 radical (unpaired) electrons. The van der Waals surface area contributed by atoms with Gasteiger partial charge in [0.2, 0.25) is 0 Å². The summed E-state index contributed by atoms with van der Waals surface area (Å²) in [7, 11) is 1.54. The predicted molar refractivity (Wildman–Crippen MR) is 67.1 cm³/mol. The van der Waals surface area contributed by atoms with E-state index in [1.165, 1.54) is 7.11 Å². The lowest BCUT2D eigenvalue weighted by atomic mass is 10.1. The van der Waals surface area contributed by atoms with Crippen LogP contribution in [-0.4, -0.2) is 31.0 Å². The Morgan fingerprint density at radius 1 is 1.53 bits per heavy atom. The lowest BCUT2D eigenvalue weighted by Crippen LogP contribution is -2.28. The van der Waals surface area contributed by atoms with Crippen LogP contribution in [0.2, 0.25) is 0 Å². The van der Waals surface area contributed by atoms with Gasteiger partial charge in [-0.25, -0.2) is 0 Å². The molecule has 4 nitrogen and oxygen atoms in total. The number of hydrogen-bond donors (Lipinski definition) is 1. The quantitative estimate of drug-likeness (QED) is 0.793. The van der Waals surface area contributed by atoms with Crippen LogP contribution in [0.5, 0.6) is 5.75 Å². The molecule has 17 heavy (non-hydrogen) atoms. The summed E-state index contributed by atoms with van der Waals surface area (Å²) in [5.74, 6) is 1.07. The molecule has 1 unspecified atom stereocenters. The second-order valence-corrected chi connectivity index (χ2v) is 4.57. The van der Waals surface area contributed by atoms with Gasteiger partial charge in [0.25, 0.3) is 5.91 Å². The molecule has 1 aliphatic rings. The van der Waals surface area contributed by atoms with Crippen molar-refractivity contribution in [2.45, 2.75) is 13.3 Å². The molecular weight excluding hydrogens is 216 g/mol. The van der Waals surface area contributed by atoms with Crippen LogP contribution in [-0.2, 0) is 0 Å². The van der Waals surface area contributed by atoms with Gasteiger partial charge in [-0.3, -0.25) is 4.79 Å². The third kappa shape index (κ3) is 2.20. The molecule has 1 aromatic carbocycles. The fourth-order valence-electron chi connectivity index (χ4n) is 2.24. The fraction of sp³-hybridized carbons (Fsp3) is 0.462. The number of carbonyl (C=O) groups excluding carboxylic acids is 1. The van der Waals surface area contributed by atoms with Gasteiger partial charge in [-0.1, -0.05) is 13.0 Å². The second kappa shape index (κ2) is 4.65. The first kappa shape index (κ1) is 11.8. The van der Waals surface area contributed by atoms with E-state index in [0.717, 1.165) is 19.5 Å². The van der Waals surface area contributed by atoms with Crippen LogP contribution in [0.25, 0.3) is 0 Å². The number of nitrogens with two attached hydrogens (primary N) is 1. The Balaban J connectivity index is 2.28. The Morgan fingerprint density at radius 2 is 2.29 bits per heavy atom. The monoisotopic (exact) mass is 234 g/mol. The molecule has 0 saturated carbocycles. The average molecular weight is 234 g/mol. The minimum Gasteiger partial charge on any atom is -0.494 e. The highest BCUT2D eigenvalue weighted by atomic mass is 16.5. The van der Waals surface area contributed by atoms with Crippen molar-refractivity contribution in [1.29, 1.82) is 0 Å². The first-order valence-electron chi connectivity index (χ1n) is 5.85. The van der Waals surface area contributed by atoms with E-state index in [2.05, 4.69) is 6.92 Å². The van der Waals surface area contributed by atoms with Crippen molar-refractivity contribution in [3.05, 3.63) is 23.8 Å². The Bertz CT molecular complexity index is 431. The highest BCUT2D eigenvalue weighted by molar-refractivity contribution is 5.98. The van der Waals surface area contributed by atoms with Crippen molar-refractivity contribution >= 4 is 11.6 Å². The maximum Gasteiger partial charge on any atom is 0.257 e. The van der Waals surface area contributed by atoms with Crippen LogP contribution in [0.1, 0.15) is 23.7 Å². The fourth-order valence-corrected chi connectivity index (χ4v) is 2.24. The van der Waals surface area contributed by atoms with E-state index < -0.39 is 0 Å². The number of ether oxygens (including phenoxy) is 1. The molecule has 2 rings (SSSR count). The molecule has 92 valence electrons. The number of anilines is 1. The molecule has 0 bridgehead atoms. The summed E-state index contributed by atoms with van der Waals surface area (Å²) >= 11 is 0. The van der Waals surface area contributed by atoms with Crippen molar-refractivity contribution in [3.63, 3.8) is 0 Å². The molecule has 2 N–H and O–H groups in total. The standard InChI is InChI=1S/C13H18N2O2/c1-9-6-7-15(8-9)13(16)10-4-3-5-11(14)12(10)17-2/h3-5,9H,6-8,14H2,1-2H3. The lowest BCUT2D eigenvalue weighted by Gasteiger charge is -2.18. The molecule has 4 heteroatoms. The summed E-state index contributed by atoms with van der Waals surface area (Å²) in [5, 5.41) is 0. The molecule has 1 aromatic rings.